The maximum absolute atomic E-state index is 5.84. The lowest BCUT2D eigenvalue weighted by Gasteiger charge is -2.10. The first kappa shape index (κ1) is 11.3. The van der Waals surface area contributed by atoms with E-state index in [0.29, 0.717) is 11.4 Å². The highest BCUT2D eigenvalue weighted by Gasteiger charge is 2.03. The van der Waals surface area contributed by atoms with E-state index in [4.69, 9.17) is 16.2 Å². The molecule has 0 aromatic heterocycles. The van der Waals surface area contributed by atoms with Crippen LogP contribution in [0.5, 0.6) is 11.5 Å². The van der Waals surface area contributed by atoms with Gasteiger partial charge in [-0.25, -0.2) is 0 Å². The average molecular weight is 228 g/mol. The van der Waals surface area contributed by atoms with E-state index in [1.165, 1.54) is 0 Å². The van der Waals surface area contributed by atoms with Crippen molar-refractivity contribution in [3.8, 4) is 11.5 Å². The van der Waals surface area contributed by atoms with Gasteiger partial charge < -0.3 is 16.2 Å². The van der Waals surface area contributed by atoms with E-state index in [1.807, 2.05) is 42.5 Å². The van der Waals surface area contributed by atoms with Gasteiger partial charge in [0, 0.05) is 5.69 Å². The molecule has 3 nitrogen and oxygen atoms in total. The van der Waals surface area contributed by atoms with Gasteiger partial charge in [0.1, 0.15) is 11.5 Å². The summed E-state index contributed by atoms with van der Waals surface area (Å²) in [5.41, 5.74) is 14.2. The fourth-order valence-electron chi connectivity index (χ4n) is 1.65. The molecule has 0 saturated carbocycles. The van der Waals surface area contributed by atoms with Gasteiger partial charge in [-0.2, -0.15) is 0 Å². The van der Waals surface area contributed by atoms with Crippen LogP contribution in [0.3, 0.4) is 0 Å². The summed E-state index contributed by atoms with van der Waals surface area (Å²) in [5, 5.41) is 0. The molecular weight excluding hydrogens is 212 g/mol. The number of nitrogens with two attached hydrogens (primary N) is 2. The molecule has 0 amide bonds. The zero-order valence-corrected chi connectivity index (χ0v) is 9.81. The molecule has 0 spiro atoms. The number of rotatable bonds is 3. The van der Waals surface area contributed by atoms with E-state index < -0.39 is 0 Å². The first-order chi connectivity index (χ1) is 8.20. The molecule has 0 aliphatic heterocycles. The Hall–Kier alpha value is -2.16. The molecular formula is C14H16N2O. The smallest absolute Gasteiger partial charge is 0.150 e. The van der Waals surface area contributed by atoms with Crippen molar-refractivity contribution in [3.63, 3.8) is 0 Å². The third-order valence-electron chi connectivity index (χ3n) is 2.64. The van der Waals surface area contributed by atoms with E-state index in [9.17, 15) is 0 Å². The summed E-state index contributed by atoms with van der Waals surface area (Å²) in [4.78, 5) is 0. The predicted octanol–water partition coefficient (Wildman–Crippen LogP) is 3.21. The molecule has 0 fully saturated rings. The van der Waals surface area contributed by atoms with Crippen LogP contribution in [-0.4, -0.2) is 0 Å². The van der Waals surface area contributed by atoms with Crippen LogP contribution in [0.25, 0.3) is 0 Å². The third-order valence-corrected chi connectivity index (χ3v) is 2.64. The van der Waals surface area contributed by atoms with Crippen LogP contribution in [0.4, 0.5) is 11.4 Å². The SMILES string of the molecule is CCc1cc(Oc2ccccc2N)ccc1N. The Bertz CT molecular complexity index is 523. The van der Waals surface area contributed by atoms with Crippen molar-refractivity contribution in [3.05, 3.63) is 48.0 Å². The van der Waals surface area contributed by atoms with Crippen molar-refractivity contribution < 1.29 is 4.74 Å². The molecule has 2 rings (SSSR count). The van der Waals surface area contributed by atoms with Gasteiger partial charge >= 0.3 is 0 Å². The van der Waals surface area contributed by atoms with Crippen molar-refractivity contribution in [1.82, 2.24) is 0 Å². The van der Waals surface area contributed by atoms with Crippen LogP contribution in [0.2, 0.25) is 0 Å². The number of para-hydroxylation sites is 2. The summed E-state index contributed by atoms with van der Waals surface area (Å²) >= 11 is 0. The first-order valence-corrected chi connectivity index (χ1v) is 5.61. The fourth-order valence-corrected chi connectivity index (χ4v) is 1.65. The number of anilines is 2. The van der Waals surface area contributed by atoms with Gasteiger partial charge in [-0.05, 0) is 42.3 Å². The minimum atomic E-state index is 0.627. The second kappa shape index (κ2) is 4.78. The fraction of sp³-hybridized carbons (Fsp3) is 0.143. The number of benzene rings is 2. The highest BCUT2D eigenvalue weighted by molar-refractivity contribution is 5.55. The molecule has 0 heterocycles. The van der Waals surface area contributed by atoms with Gasteiger partial charge in [-0.15, -0.1) is 0 Å². The Kier molecular flexibility index (Phi) is 3.19. The molecule has 2 aromatic rings. The second-order valence-electron chi connectivity index (χ2n) is 3.85. The van der Waals surface area contributed by atoms with Gasteiger partial charge in [-0.3, -0.25) is 0 Å². The standard InChI is InChI=1S/C14H16N2O/c1-2-10-9-11(7-8-12(10)15)17-14-6-4-3-5-13(14)16/h3-9H,2,15-16H2,1H3. The van der Waals surface area contributed by atoms with Crippen LogP contribution in [0.1, 0.15) is 12.5 Å². The molecule has 0 aliphatic carbocycles. The van der Waals surface area contributed by atoms with Crippen LogP contribution in [0.15, 0.2) is 42.5 Å². The van der Waals surface area contributed by atoms with Crippen molar-refractivity contribution in [2.45, 2.75) is 13.3 Å². The average Bonchev–Trinajstić information content (AvgIpc) is 2.34. The maximum atomic E-state index is 5.84. The van der Waals surface area contributed by atoms with Crippen molar-refractivity contribution in [2.75, 3.05) is 11.5 Å². The lowest BCUT2D eigenvalue weighted by atomic mass is 10.1. The molecule has 0 bridgehead atoms. The van der Waals surface area contributed by atoms with E-state index >= 15 is 0 Å². The van der Waals surface area contributed by atoms with Gasteiger partial charge in [0.2, 0.25) is 0 Å². The molecule has 2 aromatic carbocycles. The molecule has 4 N–H and O–H groups in total. The van der Waals surface area contributed by atoms with E-state index in [0.717, 1.165) is 23.4 Å². The van der Waals surface area contributed by atoms with Gasteiger partial charge in [-0.1, -0.05) is 19.1 Å². The predicted molar refractivity (Wildman–Crippen MR) is 71.2 cm³/mol. The highest BCUT2D eigenvalue weighted by Crippen LogP contribution is 2.29. The highest BCUT2D eigenvalue weighted by atomic mass is 16.5. The Balaban J connectivity index is 2.28. The molecule has 0 aliphatic rings. The lowest BCUT2D eigenvalue weighted by Crippen LogP contribution is -1.95. The zero-order chi connectivity index (χ0) is 12.3. The Morgan fingerprint density at radius 1 is 1.00 bits per heavy atom. The number of aryl methyl sites for hydroxylation is 1. The Labute approximate surface area is 101 Å². The van der Waals surface area contributed by atoms with Gasteiger partial charge in [0.15, 0.2) is 0 Å². The normalized spacial score (nSPS) is 10.2. The Morgan fingerprint density at radius 3 is 2.47 bits per heavy atom. The molecule has 88 valence electrons. The summed E-state index contributed by atoms with van der Waals surface area (Å²) in [6.07, 6.45) is 0.882. The van der Waals surface area contributed by atoms with Gasteiger partial charge in [0.05, 0.1) is 5.69 Å². The summed E-state index contributed by atoms with van der Waals surface area (Å²) in [6, 6.07) is 13.1. The largest absolute Gasteiger partial charge is 0.455 e. The summed E-state index contributed by atoms with van der Waals surface area (Å²) in [7, 11) is 0. The Morgan fingerprint density at radius 2 is 1.76 bits per heavy atom. The number of ether oxygens (including phenoxy) is 1. The molecule has 0 saturated heterocycles. The van der Waals surface area contributed by atoms with Gasteiger partial charge in [0.25, 0.3) is 0 Å². The lowest BCUT2D eigenvalue weighted by molar-refractivity contribution is 0.484. The van der Waals surface area contributed by atoms with Crippen molar-refractivity contribution in [2.24, 2.45) is 0 Å². The second-order valence-corrected chi connectivity index (χ2v) is 3.85. The van der Waals surface area contributed by atoms with E-state index in [2.05, 4.69) is 6.92 Å². The zero-order valence-electron chi connectivity index (χ0n) is 9.81. The summed E-state index contributed by atoms with van der Waals surface area (Å²) in [6.45, 7) is 2.06. The minimum Gasteiger partial charge on any atom is -0.455 e. The van der Waals surface area contributed by atoms with E-state index in [1.54, 1.807) is 0 Å². The van der Waals surface area contributed by atoms with Crippen LogP contribution in [0, 0.1) is 0 Å². The van der Waals surface area contributed by atoms with Crippen molar-refractivity contribution in [1.29, 1.82) is 0 Å². The number of nitrogen functional groups attached to an aromatic ring is 2. The summed E-state index contributed by atoms with van der Waals surface area (Å²) in [5.74, 6) is 1.42. The van der Waals surface area contributed by atoms with E-state index in [-0.39, 0.29) is 0 Å². The van der Waals surface area contributed by atoms with Crippen molar-refractivity contribution >= 4 is 11.4 Å². The monoisotopic (exact) mass is 228 g/mol. The molecule has 0 radical (unpaired) electrons. The summed E-state index contributed by atoms with van der Waals surface area (Å²) < 4.78 is 5.73. The minimum absolute atomic E-state index is 0.627. The first-order valence-electron chi connectivity index (χ1n) is 5.61. The molecule has 3 heteroatoms. The van der Waals surface area contributed by atoms with Crippen LogP contribution in [-0.2, 0) is 6.42 Å². The molecule has 17 heavy (non-hydrogen) atoms. The number of hydrogen-bond donors (Lipinski definition) is 2. The molecule has 0 atom stereocenters. The molecule has 0 unspecified atom stereocenters. The third kappa shape index (κ3) is 2.50. The topological polar surface area (TPSA) is 61.3 Å². The van der Waals surface area contributed by atoms with Crippen LogP contribution < -0.4 is 16.2 Å². The maximum Gasteiger partial charge on any atom is 0.150 e. The number of hydrogen-bond acceptors (Lipinski definition) is 3. The van der Waals surface area contributed by atoms with Crippen LogP contribution >= 0.6 is 0 Å². The quantitative estimate of drug-likeness (QED) is 0.793.